The zero-order chi connectivity index (χ0) is 11.8. The Hall–Kier alpha value is -1.57. The Kier molecular flexibility index (Phi) is 2.50. The van der Waals surface area contributed by atoms with Crippen molar-refractivity contribution in [2.75, 3.05) is 6.61 Å². The number of hydrogen-bond acceptors (Lipinski definition) is 2. The Bertz CT molecular complexity index is 473. The Labute approximate surface area is 101 Å². The van der Waals surface area contributed by atoms with Gasteiger partial charge in [-0.15, -0.1) is 0 Å². The predicted octanol–water partition coefficient (Wildman–Crippen LogP) is 3.05. The second kappa shape index (κ2) is 4.02. The molecule has 3 rings (SSSR count). The average Bonchev–Trinajstić information content (AvgIpc) is 2.64. The van der Waals surface area contributed by atoms with Crippen molar-refractivity contribution >= 4 is 5.78 Å². The van der Waals surface area contributed by atoms with E-state index in [-0.39, 0.29) is 17.6 Å². The van der Waals surface area contributed by atoms with Crippen LogP contribution in [0.2, 0.25) is 0 Å². The lowest BCUT2D eigenvalue weighted by Crippen LogP contribution is -2.13. The van der Waals surface area contributed by atoms with Crippen LogP contribution in [-0.4, -0.2) is 12.4 Å². The predicted molar refractivity (Wildman–Crippen MR) is 65.6 cm³/mol. The molecule has 0 amide bonds. The highest BCUT2D eigenvalue weighted by atomic mass is 16.5. The van der Waals surface area contributed by atoms with E-state index in [4.69, 9.17) is 4.74 Å². The smallest absolute Gasteiger partial charge is 0.201 e. The van der Waals surface area contributed by atoms with Gasteiger partial charge >= 0.3 is 0 Å². The molecule has 0 fully saturated rings. The largest absolute Gasteiger partial charge is 0.490 e. The third kappa shape index (κ3) is 1.59. The van der Waals surface area contributed by atoms with Gasteiger partial charge < -0.3 is 4.74 Å². The topological polar surface area (TPSA) is 26.3 Å². The lowest BCUT2D eigenvalue weighted by atomic mass is 9.84. The van der Waals surface area contributed by atoms with Gasteiger partial charge in [0.2, 0.25) is 5.78 Å². The molecule has 2 heteroatoms. The Balaban J connectivity index is 2.05. The SMILES string of the molecule is C[C@H]1C(=O)C2=C(CCCO2)[C@@H]1c1ccccc1. The summed E-state index contributed by atoms with van der Waals surface area (Å²) in [5, 5.41) is 0. The van der Waals surface area contributed by atoms with Crippen molar-refractivity contribution in [1.82, 2.24) is 0 Å². The molecule has 1 aromatic rings. The number of allylic oxidation sites excluding steroid dienone is 2. The first kappa shape index (κ1) is 10.6. The third-order valence-electron chi connectivity index (χ3n) is 3.80. The second-order valence-corrected chi connectivity index (χ2v) is 4.85. The van der Waals surface area contributed by atoms with E-state index in [1.807, 2.05) is 25.1 Å². The summed E-state index contributed by atoms with van der Waals surface area (Å²) in [5.41, 5.74) is 2.46. The molecule has 2 aliphatic rings. The third-order valence-corrected chi connectivity index (χ3v) is 3.80. The Morgan fingerprint density at radius 2 is 2.00 bits per heavy atom. The summed E-state index contributed by atoms with van der Waals surface area (Å²) < 4.78 is 5.57. The number of ether oxygens (including phenoxy) is 1. The van der Waals surface area contributed by atoms with Gasteiger partial charge in [0.25, 0.3) is 0 Å². The molecule has 0 saturated carbocycles. The molecule has 17 heavy (non-hydrogen) atoms. The van der Waals surface area contributed by atoms with Crippen LogP contribution in [0.5, 0.6) is 0 Å². The molecule has 0 saturated heterocycles. The minimum atomic E-state index is 0.0282. The first-order valence-corrected chi connectivity index (χ1v) is 6.24. The lowest BCUT2D eigenvalue weighted by molar-refractivity contribution is -0.121. The molecular weight excluding hydrogens is 212 g/mol. The summed E-state index contributed by atoms with van der Waals surface area (Å²) in [6.07, 6.45) is 2.03. The summed E-state index contributed by atoms with van der Waals surface area (Å²) in [7, 11) is 0. The summed E-state index contributed by atoms with van der Waals surface area (Å²) in [4.78, 5) is 12.1. The average molecular weight is 228 g/mol. The van der Waals surface area contributed by atoms with Crippen LogP contribution in [0, 0.1) is 5.92 Å². The van der Waals surface area contributed by atoms with E-state index >= 15 is 0 Å². The lowest BCUT2D eigenvalue weighted by Gasteiger charge is -2.20. The van der Waals surface area contributed by atoms with Crippen molar-refractivity contribution in [2.24, 2.45) is 5.92 Å². The van der Waals surface area contributed by atoms with Gasteiger partial charge in [-0.3, -0.25) is 4.79 Å². The fraction of sp³-hybridized carbons (Fsp3) is 0.400. The molecule has 1 aromatic carbocycles. The van der Waals surface area contributed by atoms with Gasteiger partial charge in [-0.25, -0.2) is 0 Å². The highest BCUT2D eigenvalue weighted by Crippen LogP contribution is 2.45. The van der Waals surface area contributed by atoms with E-state index in [2.05, 4.69) is 12.1 Å². The van der Waals surface area contributed by atoms with Crippen LogP contribution < -0.4 is 0 Å². The molecule has 0 spiro atoms. The van der Waals surface area contributed by atoms with Crippen molar-refractivity contribution < 1.29 is 9.53 Å². The van der Waals surface area contributed by atoms with E-state index in [0.29, 0.717) is 12.4 Å². The first-order valence-electron chi connectivity index (χ1n) is 6.24. The van der Waals surface area contributed by atoms with Crippen LogP contribution in [0.15, 0.2) is 41.7 Å². The zero-order valence-electron chi connectivity index (χ0n) is 9.98. The van der Waals surface area contributed by atoms with Crippen LogP contribution in [0.1, 0.15) is 31.2 Å². The van der Waals surface area contributed by atoms with Crippen molar-refractivity contribution in [2.45, 2.75) is 25.7 Å². The minimum Gasteiger partial charge on any atom is -0.490 e. The van der Waals surface area contributed by atoms with Gasteiger partial charge in [-0.1, -0.05) is 37.3 Å². The number of hydrogen-bond donors (Lipinski definition) is 0. The maximum atomic E-state index is 12.1. The summed E-state index contributed by atoms with van der Waals surface area (Å²) >= 11 is 0. The van der Waals surface area contributed by atoms with Crippen molar-refractivity contribution in [3.05, 3.63) is 47.2 Å². The zero-order valence-corrected chi connectivity index (χ0v) is 9.98. The van der Waals surface area contributed by atoms with E-state index in [1.54, 1.807) is 0 Å². The van der Waals surface area contributed by atoms with Crippen LogP contribution >= 0.6 is 0 Å². The summed E-state index contributed by atoms with van der Waals surface area (Å²) in [6.45, 7) is 2.71. The standard InChI is InChI=1S/C15H16O2/c1-10-13(11-6-3-2-4-7-11)12-8-5-9-17-15(12)14(10)16/h2-4,6-7,10,13H,5,8-9H2,1H3/t10-,13+/m1/s1. The normalized spacial score (nSPS) is 27.9. The molecule has 0 aromatic heterocycles. The number of carbonyl (C=O) groups is 1. The van der Waals surface area contributed by atoms with E-state index in [0.717, 1.165) is 12.8 Å². The van der Waals surface area contributed by atoms with E-state index in [9.17, 15) is 4.79 Å². The van der Waals surface area contributed by atoms with Crippen LogP contribution in [0.3, 0.4) is 0 Å². The minimum absolute atomic E-state index is 0.0282. The monoisotopic (exact) mass is 228 g/mol. The van der Waals surface area contributed by atoms with Crippen LogP contribution in [-0.2, 0) is 9.53 Å². The van der Waals surface area contributed by atoms with Crippen molar-refractivity contribution in [3.63, 3.8) is 0 Å². The van der Waals surface area contributed by atoms with E-state index in [1.165, 1.54) is 11.1 Å². The van der Waals surface area contributed by atoms with Gasteiger partial charge in [-0.2, -0.15) is 0 Å². The number of benzene rings is 1. The van der Waals surface area contributed by atoms with Gasteiger partial charge in [0, 0.05) is 11.8 Å². The summed E-state index contributed by atoms with van der Waals surface area (Å²) in [6, 6.07) is 10.3. The Morgan fingerprint density at radius 1 is 1.24 bits per heavy atom. The van der Waals surface area contributed by atoms with E-state index < -0.39 is 0 Å². The fourth-order valence-corrected chi connectivity index (χ4v) is 2.98. The molecule has 0 bridgehead atoms. The summed E-state index contributed by atoms with van der Waals surface area (Å²) in [5.74, 6) is 1.12. The quantitative estimate of drug-likeness (QED) is 0.738. The number of ketones is 1. The fourth-order valence-electron chi connectivity index (χ4n) is 2.98. The molecule has 2 atom stereocenters. The van der Waals surface area contributed by atoms with Gasteiger partial charge in [0.15, 0.2) is 5.76 Å². The van der Waals surface area contributed by atoms with Gasteiger partial charge in [0.05, 0.1) is 6.61 Å². The molecule has 0 N–H and O–H groups in total. The molecule has 0 unspecified atom stereocenters. The highest BCUT2D eigenvalue weighted by Gasteiger charge is 2.41. The molecule has 88 valence electrons. The van der Waals surface area contributed by atoms with Crippen LogP contribution in [0.4, 0.5) is 0 Å². The second-order valence-electron chi connectivity index (χ2n) is 4.85. The molecule has 1 aliphatic carbocycles. The maximum Gasteiger partial charge on any atom is 0.201 e. The van der Waals surface area contributed by atoms with Gasteiger partial charge in [0.1, 0.15) is 0 Å². The molecule has 1 heterocycles. The van der Waals surface area contributed by atoms with Crippen molar-refractivity contribution in [1.29, 1.82) is 0 Å². The molecule has 2 nitrogen and oxygen atoms in total. The first-order chi connectivity index (χ1) is 8.29. The number of Topliss-reactive ketones (excluding diaryl/α,β-unsaturated/α-hetero) is 1. The molecule has 1 aliphatic heterocycles. The van der Waals surface area contributed by atoms with Crippen LogP contribution in [0.25, 0.3) is 0 Å². The molecular formula is C15H16O2. The number of rotatable bonds is 1. The molecule has 0 radical (unpaired) electrons. The highest BCUT2D eigenvalue weighted by molar-refractivity contribution is 6.00. The van der Waals surface area contributed by atoms with Gasteiger partial charge in [-0.05, 0) is 24.0 Å². The van der Waals surface area contributed by atoms with Crippen molar-refractivity contribution in [3.8, 4) is 0 Å². The number of carbonyl (C=O) groups excluding carboxylic acids is 1. The Morgan fingerprint density at radius 3 is 2.76 bits per heavy atom. The maximum absolute atomic E-state index is 12.1.